The van der Waals surface area contributed by atoms with E-state index in [0.717, 1.165) is 8.61 Å². The number of anilines is 4. The van der Waals surface area contributed by atoms with E-state index in [0.29, 0.717) is 28.6 Å². The normalized spacial score (nSPS) is 11.3. The van der Waals surface area contributed by atoms with Gasteiger partial charge in [-0.15, -0.1) is 0 Å². The van der Waals surface area contributed by atoms with Crippen LogP contribution in [-0.4, -0.2) is 42.0 Å². The van der Waals surface area contributed by atoms with E-state index in [1.807, 2.05) is 0 Å². The zero-order valence-electron chi connectivity index (χ0n) is 19.4. The van der Waals surface area contributed by atoms with Crippen molar-refractivity contribution in [1.82, 2.24) is 0 Å². The molecule has 0 spiro atoms. The Morgan fingerprint density at radius 1 is 1.00 bits per heavy atom. The van der Waals surface area contributed by atoms with Crippen LogP contribution in [0.4, 0.5) is 27.5 Å². The average molecular weight is 550 g/mol. The molecule has 0 aliphatic heterocycles. The molecule has 3 amide bonds. The van der Waals surface area contributed by atoms with Gasteiger partial charge in [-0.1, -0.05) is 36.5 Å². The van der Waals surface area contributed by atoms with Gasteiger partial charge in [-0.25, -0.2) is 9.10 Å². The first-order chi connectivity index (χ1) is 17.2. The maximum absolute atomic E-state index is 12.8. The van der Waals surface area contributed by atoms with Crippen molar-refractivity contribution in [3.63, 3.8) is 0 Å². The Kier molecular flexibility index (Phi) is 9.04. The second-order valence-electron chi connectivity index (χ2n) is 7.16. The maximum Gasteiger partial charge on any atom is 0.336 e. The molecule has 1 unspecified atom stereocenters. The molecule has 3 aromatic rings. The summed E-state index contributed by atoms with van der Waals surface area (Å²) in [5, 5.41) is 5.66. The van der Waals surface area contributed by atoms with Crippen molar-refractivity contribution < 1.29 is 27.8 Å². The highest BCUT2D eigenvalue weighted by Gasteiger charge is 2.18. The fourth-order valence-corrected chi connectivity index (χ4v) is 3.89. The summed E-state index contributed by atoms with van der Waals surface area (Å²) in [6.07, 6.45) is 0. The molecular formula is C23H22ClN4O6S2-. The van der Waals surface area contributed by atoms with Gasteiger partial charge in [-0.3, -0.25) is 9.00 Å². The van der Waals surface area contributed by atoms with E-state index in [-0.39, 0.29) is 16.3 Å². The molecule has 0 saturated heterocycles. The lowest BCUT2D eigenvalue weighted by molar-refractivity contribution is 0.102. The molecule has 36 heavy (non-hydrogen) atoms. The number of amides is 3. The fourth-order valence-electron chi connectivity index (χ4n) is 3.15. The van der Waals surface area contributed by atoms with Crippen molar-refractivity contribution in [3.05, 3.63) is 71.2 Å². The van der Waals surface area contributed by atoms with Crippen molar-refractivity contribution in [2.24, 2.45) is 0 Å². The van der Waals surface area contributed by atoms with Crippen molar-refractivity contribution in [2.75, 3.05) is 40.5 Å². The molecule has 13 heteroatoms. The van der Waals surface area contributed by atoms with E-state index in [1.165, 1.54) is 39.5 Å². The van der Waals surface area contributed by atoms with Crippen molar-refractivity contribution in [1.29, 1.82) is 0 Å². The van der Waals surface area contributed by atoms with Crippen LogP contribution in [0, 0.1) is 0 Å². The van der Waals surface area contributed by atoms with E-state index in [4.69, 9.17) is 21.1 Å². The molecule has 0 radical (unpaired) electrons. The number of hydrogen-bond acceptors (Lipinski definition) is 7. The van der Waals surface area contributed by atoms with Crippen LogP contribution in [0.3, 0.4) is 0 Å². The van der Waals surface area contributed by atoms with Gasteiger partial charge < -0.3 is 29.0 Å². The van der Waals surface area contributed by atoms with Gasteiger partial charge in [0.1, 0.15) is 11.5 Å². The minimum atomic E-state index is -2.54. The van der Waals surface area contributed by atoms with Crippen LogP contribution in [0.1, 0.15) is 10.4 Å². The number of carbonyl (C=O) groups is 2. The Bertz CT molecular complexity index is 1290. The number of carbonyl (C=O) groups excluding carboxylic acids is 2. The molecule has 0 bridgehead atoms. The second-order valence-corrected chi connectivity index (χ2v) is 8.95. The molecule has 2 N–H and O–H groups in total. The first-order valence-corrected chi connectivity index (χ1v) is 12.0. The lowest BCUT2D eigenvalue weighted by Gasteiger charge is -2.23. The molecule has 0 heterocycles. The zero-order valence-corrected chi connectivity index (χ0v) is 21.8. The van der Waals surface area contributed by atoms with E-state index in [1.54, 1.807) is 42.5 Å². The van der Waals surface area contributed by atoms with E-state index >= 15 is 0 Å². The van der Waals surface area contributed by atoms with Crippen LogP contribution >= 0.6 is 24.4 Å². The van der Waals surface area contributed by atoms with Crippen LogP contribution in [0.25, 0.3) is 0 Å². The Hall–Kier alpha value is -3.45. The maximum atomic E-state index is 12.8. The third-order valence-electron chi connectivity index (χ3n) is 4.99. The van der Waals surface area contributed by atoms with Crippen LogP contribution in [-0.2, 0) is 11.3 Å². The Morgan fingerprint density at radius 2 is 1.64 bits per heavy atom. The van der Waals surface area contributed by atoms with E-state index < -0.39 is 23.2 Å². The number of halogens is 1. The number of methoxy groups -OCH3 is 2. The molecule has 190 valence electrons. The predicted molar refractivity (Wildman–Crippen MR) is 143 cm³/mol. The minimum Gasteiger partial charge on any atom is -0.755 e. The number of benzene rings is 3. The summed E-state index contributed by atoms with van der Waals surface area (Å²) < 4.78 is 35.1. The third kappa shape index (κ3) is 6.21. The largest absolute Gasteiger partial charge is 0.755 e. The molecule has 0 aliphatic rings. The van der Waals surface area contributed by atoms with Gasteiger partial charge in [0.2, 0.25) is 0 Å². The van der Waals surface area contributed by atoms with Crippen molar-refractivity contribution in [2.45, 2.75) is 0 Å². The smallest absolute Gasteiger partial charge is 0.336 e. The molecule has 1 atom stereocenters. The topological polar surface area (TPSA) is 123 Å². The van der Waals surface area contributed by atoms with Gasteiger partial charge in [0.05, 0.1) is 41.9 Å². The Morgan fingerprint density at radius 3 is 2.25 bits per heavy atom. The number of thiol groups is 1. The number of rotatable bonds is 8. The van der Waals surface area contributed by atoms with E-state index in [2.05, 4.69) is 23.4 Å². The van der Waals surface area contributed by atoms with Crippen LogP contribution in [0.15, 0.2) is 60.7 Å². The SMILES string of the molecule is COc1cc(OC)c(NC(=O)N(S)c2ccc(NC(=O)c3ccccc3N(C)S(=O)[O-])cc2)cc1Cl. The van der Waals surface area contributed by atoms with Crippen LogP contribution < -0.4 is 28.7 Å². The number of hydrogen-bond donors (Lipinski definition) is 3. The van der Waals surface area contributed by atoms with Gasteiger partial charge in [0.25, 0.3) is 5.91 Å². The van der Waals surface area contributed by atoms with Gasteiger partial charge >= 0.3 is 6.03 Å². The molecule has 0 aromatic heterocycles. The van der Waals surface area contributed by atoms with Gasteiger partial charge in [-0.2, -0.15) is 0 Å². The molecule has 3 rings (SSSR count). The minimum absolute atomic E-state index is 0.176. The average Bonchev–Trinajstić information content (AvgIpc) is 2.88. The lowest BCUT2D eigenvalue weighted by Crippen LogP contribution is -2.27. The van der Waals surface area contributed by atoms with Crippen molar-refractivity contribution >= 4 is 70.4 Å². The highest BCUT2D eigenvalue weighted by atomic mass is 35.5. The number of para-hydroxylation sites is 1. The summed E-state index contributed by atoms with van der Waals surface area (Å²) in [6, 6.07) is 15.1. The fraction of sp³-hybridized carbons (Fsp3) is 0.130. The first-order valence-electron chi connectivity index (χ1n) is 10.2. The highest BCUT2D eigenvalue weighted by Crippen LogP contribution is 2.36. The summed E-state index contributed by atoms with van der Waals surface area (Å²) in [5.74, 6) is 0.234. The standard InChI is InChI=1S/C23H23ClN4O6S2/c1-27(36(31)32)19-7-5-4-6-16(19)22(29)25-14-8-10-15(11-9-14)28(35)23(30)26-18-12-17(24)20(33-2)13-21(18)34-3/h4-13,35H,1-3H3,(H,25,29)(H,26,30)(H,31,32)/p-1. The Labute approximate surface area is 221 Å². The van der Waals surface area contributed by atoms with Crippen molar-refractivity contribution in [3.8, 4) is 11.5 Å². The number of nitrogens with one attached hydrogen (secondary N) is 2. The summed E-state index contributed by atoms with van der Waals surface area (Å²) in [4.78, 5) is 25.5. The second kappa shape index (κ2) is 12.0. The molecular weight excluding hydrogens is 528 g/mol. The van der Waals surface area contributed by atoms with Gasteiger partial charge in [-0.05, 0) is 42.5 Å². The van der Waals surface area contributed by atoms with Gasteiger partial charge in [0.15, 0.2) is 0 Å². The first kappa shape index (κ1) is 27.1. The zero-order chi connectivity index (χ0) is 26.4. The summed E-state index contributed by atoms with van der Waals surface area (Å²) in [6.45, 7) is 0. The van der Waals surface area contributed by atoms with Gasteiger partial charge in [0, 0.05) is 30.1 Å². The molecule has 10 nitrogen and oxygen atoms in total. The number of urea groups is 1. The lowest BCUT2D eigenvalue weighted by atomic mass is 10.1. The highest BCUT2D eigenvalue weighted by molar-refractivity contribution is 7.82. The Balaban J connectivity index is 1.72. The van der Waals surface area contributed by atoms with Crippen LogP contribution in [0.5, 0.6) is 11.5 Å². The summed E-state index contributed by atoms with van der Waals surface area (Å²) >= 11 is 7.87. The molecule has 0 saturated carbocycles. The summed E-state index contributed by atoms with van der Waals surface area (Å²) in [5.41, 5.74) is 1.56. The molecule has 0 aliphatic carbocycles. The summed E-state index contributed by atoms with van der Waals surface area (Å²) in [7, 11) is 4.25. The quantitative estimate of drug-likeness (QED) is 0.276. The molecule has 0 fully saturated rings. The molecule has 3 aromatic carbocycles. The third-order valence-corrected chi connectivity index (χ3v) is 6.34. The van der Waals surface area contributed by atoms with E-state index in [9.17, 15) is 18.4 Å². The number of nitrogens with zero attached hydrogens (tertiary/aromatic N) is 2. The number of ether oxygens (including phenoxy) is 2. The predicted octanol–water partition coefficient (Wildman–Crippen LogP) is 4.72. The monoisotopic (exact) mass is 549 g/mol. The van der Waals surface area contributed by atoms with Crippen LogP contribution in [0.2, 0.25) is 5.02 Å².